The van der Waals surface area contributed by atoms with E-state index in [-0.39, 0.29) is 48.3 Å². The van der Waals surface area contributed by atoms with Crippen LogP contribution in [0.5, 0.6) is 5.75 Å². The number of nitrogens with zero attached hydrogens (tertiary/aromatic N) is 1. The summed E-state index contributed by atoms with van der Waals surface area (Å²) >= 11 is 0. The second kappa shape index (κ2) is 13.8. The molecular formula is C30H34ClF2NO4. The van der Waals surface area contributed by atoms with E-state index >= 15 is 0 Å². The fraction of sp³-hybridized carbons (Fsp3) is 0.367. The van der Waals surface area contributed by atoms with E-state index in [2.05, 4.69) is 4.90 Å². The minimum atomic E-state index is -0.812. The summed E-state index contributed by atoms with van der Waals surface area (Å²) in [6, 6.07) is 19.6. The van der Waals surface area contributed by atoms with Gasteiger partial charge >= 0.3 is 0 Å². The molecule has 1 atom stereocenters. The molecule has 0 spiro atoms. The Bertz CT molecular complexity index is 1170. The highest BCUT2D eigenvalue weighted by atomic mass is 35.5. The zero-order valence-corrected chi connectivity index (χ0v) is 22.0. The van der Waals surface area contributed by atoms with E-state index in [1.165, 1.54) is 24.3 Å². The van der Waals surface area contributed by atoms with Gasteiger partial charge in [-0.1, -0.05) is 42.5 Å². The SMILES string of the molecule is Cl.O=C(CCc1ccc(F)cc1)c1cc(F)ccc1OCC(O)CN1CCC(O)(Cc2ccccc2)CC1. The van der Waals surface area contributed by atoms with Crippen LogP contribution in [0.3, 0.4) is 0 Å². The van der Waals surface area contributed by atoms with Gasteiger partial charge in [-0.3, -0.25) is 4.79 Å². The highest BCUT2D eigenvalue weighted by Crippen LogP contribution is 2.27. The molecule has 1 saturated heterocycles. The number of carbonyl (C=O) groups excluding carboxylic acids is 1. The van der Waals surface area contributed by atoms with Crippen molar-refractivity contribution in [2.45, 2.75) is 43.8 Å². The highest BCUT2D eigenvalue weighted by molar-refractivity contribution is 5.98. The molecule has 3 aromatic rings. The number of Topliss-reactive ketones (excluding diaryl/α,β-unsaturated/α-hetero) is 1. The third-order valence-corrected chi connectivity index (χ3v) is 6.86. The summed E-state index contributed by atoms with van der Waals surface area (Å²) in [6.07, 6.45) is 1.53. The van der Waals surface area contributed by atoms with Crippen LogP contribution in [-0.4, -0.2) is 58.8 Å². The highest BCUT2D eigenvalue weighted by Gasteiger charge is 2.33. The molecule has 0 bridgehead atoms. The number of aliphatic hydroxyl groups excluding tert-OH is 1. The lowest BCUT2D eigenvalue weighted by Crippen LogP contribution is -2.48. The number of ketones is 1. The molecule has 2 N–H and O–H groups in total. The predicted octanol–water partition coefficient (Wildman–Crippen LogP) is 5.01. The number of hydrogen-bond donors (Lipinski definition) is 2. The third-order valence-electron chi connectivity index (χ3n) is 6.86. The Labute approximate surface area is 228 Å². The van der Waals surface area contributed by atoms with Crippen LogP contribution in [0.25, 0.3) is 0 Å². The molecular weight excluding hydrogens is 512 g/mol. The lowest BCUT2D eigenvalue weighted by atomic mass is 9.85. The zero-order chi connectivity index (χ0) is 26.3. The quantitative estimate of drug-likeness (QED) is 0.331. The molecule has 1 heterocycles. The Morgan fingerprint density at radius 3 is 2.29 bits per heavy atom. The van der Waals surface area contributed by atoms with Gasteiger partial charge in [0, 0.05) is 32.5 Å². The molecule has 38 heavy (non-hydrogen) atoms. The van der Waals surface area contributed by atoms with Gasteiger partial charge in [0.25, 0.3) is 0 Å². The lowest BCUT2D eigenvalue weighted by molar-refractivity contribution is -0.0325. The summed E-state index contributed by atoms with van der Waals surface area (Å²) in [7, 11) is 0. The first kappa shape index (κ1) is 29.7. The van der Waals surface area contributed by atoms with Crippen LogP contribution in [0, 0.1) is 11.6 Å². The number of aryl methyl sites for hydroxylation is 1. The van der Waals surface area contributed by atoms with Crippen molar-refractivity contribution < 1.29 is 28.5 Å². The fourth-order valence-corrected chi connectivity index (χ4v) is 4.73. The molecule has 3 aromatic carbocycles. The maximum atomic E-state index is 13.9. The van der Waals surface area contributed by atoms with Crippen LogP contribution in [-0.2, 0) is 12.8 Å². The number of halogens is 3. The van der Waals surface area contributed by atoms with Crippen molar-refractivity contribution in [3.05, 3.63) is 101 Å². The van der Waals surface area contributed by atoms with Crippen molar-refractivity contribution >= 4 is 18.2 Å². The van der Waals surface area contributed by atoms with Crippen molar-refractivity contribution in [2.24, 2.45) is 0 Å². The summed E-state index contributed by atoms with van der Waals surface area (Å²) < 4.78 is 32.7. The molecule has 0 amide bonds. The number of benzene rings is 3. The molecule has 0 radical (unpaired) electrons. The second-order valence-electron chi connectivity index (χ2n) is 9.84. The van der Waals surface area contributed by atoms with Crippen molar-refractivity contribution in [2.75, 3.05) is 26.2 Å². The standard InChI is InChI=1S/C30H33F2NO4.ClH/c31-24-9-6-22(7-10-24)8-12-28(35)27-18-25(32)11-13-29(27)37-21-26(34)20-33-16-14-30(36,15-17-33)19-23-4-2-1-3-5-23;/h1-7,9-11,13,18,26,34,36H,8,12,14-17,19-21H2;1H. The summed E-state index contributed by atoms with van der Waals surface area (Å²) in [5, 5.41) is 21.5. The first-order valence-corrected chi connectivity index (χ1v) is 12.7. The Hall–Kier alpha value is -2.84. The van der Waals surface area contributed by atoms with E-state index in [0.717, 1.165) is 17.2 Å². The zero-order valence-electron chi connectivity index (χ0n) is 21.2. The Balaban J connectivity index is 0.00000400. The van der Waals surface area contributed by atoms with Crippen molar-refractivity contribution in [1.82, 2.24) is 4.90 Å². The Morgan fingerprint density at radius 2 is 1.61 bits per heavy atom. The van der Waals surface area contributed by atoms with Gasteiger partial charge in [0.1, 0.15) is 30.1 Å². The molecule has 1 unspecified atom stereocenters. The normalized spacial score (nSPS) is 15.9. The molecule has 0 aliphatic carbocycles. The van der Waals surface area contributed by atoms with Gasteiger partial charge < -0.3 is 19.8 Å². The van der Waals surface area contributed by atoms with E-state index in [4.69, 9.17) is 4.74 Å². The summed E-state index contributed by atoms with van der Waals surface area (Å²) in [5.41, 5.74) is 1.28. The molecule has 8 heteroatoms. The number of likely N-dealkylation sites (tertiary alicyclic amines) is 1. The van der Waals surface area contributed by atoms with Crippen LogP contribution in [0.1, 0.15) is 40.7 Å². The molecule has 1 aliphatic heterocycles. The largest absolute Gasteiger partial charge is 0.490 e. The van der Waals surface area contributed by atoms with Crippen molar-refractivity contribution in [1.29, 1.82) is 0 Å². The van der Waals surface area contributed by atoms with E-state index < -0.39 is 17.5 Å². The first-order chi connectivity index (χ1) is 17.8. The minimum absolute atomic E-state index is 0. The molecule has 4 rings (SSSR count). The summed E-state index contributed by atoms with van der Waals surface area (Å²) in [5.74, 6) is -0.960. The number of β-amino-alcohol motifs (C(OH)–C–C–N with tert-alkyl or cyclic N) is 1. The topological polar surface area (TPSA) is 70.0 Å². The molecule has 5 nitrogen and oxygen atoms in total. The van der Waals surface area contributed by atoms with Crippen LogP contribution in [0.2, 0.25) is 0 Å². The Morgan fingerprint density at radius 1 is 0.947 bits per heavy atom. The number of hydrogen-bond acceptors (Lipinski definition) is 5. The van der Waals surface area contributed by atoms with Gasteiger partial charge in [-0.2, -0.15) is 0 Å². The van der Waals surface area contributed by atoms with E-state index in [9.17, 15) is 23.8 Å². The van der Waals surface area contributed by atoms with Crippen LogP contribution in [0.15, 0.2) is 72.8 Å². The van der Waals surface area contributed by atoms with Gasteiger partial charge in [-0.15, -0.1) is 12.4 Å². The smallest absolute Gasteiger partial charge is 0.167 e. The van der Waals surface area contributed by atoms with Gasteiger partial charge in [-0.25, -0.2) is 8.78 Å². The van der Waals surface area contributed by atoms with Crippen LogP contribution < -0.4 is 4.74 Å². The number of carbonyl (C=O) groups is 1. The van der Waals surface area contributed by atoms with Gasteiger partial charge in [0.15, 0.2) is 5.78 Å². The number of piperidine rings is 1. The molecule has 0 saturated carbocycles. The van der Waals surface area contributed by atoms with Gasteiger partial charge in [0.2, 0.25) is 0 Å². The lowest BCUT2D eigenvalue weighted by Gasteiger charge is -2.39. The van der Waals surface area contributed by atoms with Gasteiger partial charge in [0.05, 0.1) is 11.2 Å². The third kappa shape index (κ3) is 8.60. The van der Waals surface area contributed by atoms with Crippen molar-refractivity contribution in [3.63, 3.8) is 0 Å². The number of ether oxygens (including phenoxy) is 1. The fourth-order valence-electron chi connectivity index (χ4n) is 4.73. The minimum Gasteiger partial charge on any atom is -0.490 e. The van der Waals surface area contributed by atoms with E-state index in [1.54, 1.807) is 12.1 Å². The number of aliphatic hydroxyl groups is 2. The molecule has 1 aliphatic rings. The van der Waals surface area contributed by atoms with E-state index in [0.29, 0.717) is 45.3 Å². The maximum Gasteiger partial charge on any atom is 0.167 e. The molecule has 204 valence electrons. The maximum absolute atomic E-state index is 13.9. The van der Waals surface area contributed by atoms with Gasteiger partial charge in [-0.05, 0) is 60.7 Å². The second-order valence-corrected chi connectivity index (χ2v) is 9.84. The molecule has 1 fully saturated rings. The molecule has 0 aromatic heterocycles. The Kier molecular flexibility index (Phi) is 10.8. The average molecular weight is 546 g/mol. The first-order valence-electron chi connectivity index (χ1n) is 12.7. The monoisotopic (exact) mass is 545 g/mol. The van der Waals surface area contributed by atoms with E-state index in [1.807, 2.05) is 30.3 Å². The van der Waals surface area contributed by atoms with Crippen LogP contribution >= 0.6 is 12.4 Å². The summed E-state index contributed by atoms with van der Waals surface area (Å²) in [6.45, 7) is 1.64. The van der Waals surface area contributed by atoms with Crippen molar-refractivity contribution in [3.8, 4) is 5.75 Å². The average Bonchev–Trinajstić information content (AvgIpc) is 2.89. The van der Waals surface area contributed by atoms with Crippen LogP contribution in [0.4, 0.5) is 8.78 Å². The predicted molar refractivity (Wildman–Crippen MR) is 145 cm³/mol. The summed E-state index contributed by atoms with van der Waals surface area (Å²) in [4.78, 5) is 14.9. The number of rotatable bonds is 11.